The molecule has 0 radical (unpaired) electrons. The third kappa shape index (κ3) is 7.43. The largest absolute Gasteiger partial charge is 0.493 e. The average molecular weight is 448 g/mol. The quantitative estimate of drug-likeness (QED) is 0.614. The topological polar surface area (TPSA) is 35.9 Å². The van der Waals surface area contributed by atoms with Gasteiger partial charge in [0.25, 0.3) is 0 Å². The van der Waals surface area contributed by atoms with Crippen LogP contribution in [0, 0.1) is 0 Å². The SMILES string of the molecule is Cl.Cl.OCCN1CCN(CCCOc2ccc(Cl)cc2-c2ccccc2)CC1. The third-order valence-corrected chi connectivity index (χ3v) is 5.02. The molecule has 0 atom stereocenters. The summed E-state index contributed by atoms with van der Waals surface area (Å²) in [5.41, 5.74) is 2.15. The van der Waals surface area contributed by atoms with Gasteiger partial charge in [-0.25, -0.2) is 0 Å². The molecule has 0 amide bonds. The lowest BCUT2D eigenvalue weighted by Crippen LogP contribution is -2.47. The highest BCUT2D eigenvalue weighted by molar-refractivity contribution is 6.31. The summed E-state index contributed by atoms with van der Waals surface area (Å²) >= 11 is 6.18. The van der Waals surface area contributed by atoms with Crippen LogP contribution in [0.4, 0.5) is 0 Å². The van der Waals surface area contributed by atoms with Crippen molar-refractivity contribution >= 4 is 36.4 Å². The number of β-amino-alcohol motifs (C(OH)–C–C–N with tert-alkyl or cyclic N) is 1. The van der Waals surface area contributed by atoms with E-state index < -0.39 is 0 Å². The molecule has 1 aliphatic rings. The Bertz CT molecular complexity index is 681. The van der Waals surface area contributed by atoms with E-state index in [1.54, 1.807) is 0 Å². The van der Waals surface area contributed by atoms with Crippen molar-refractivity contribution in [3.63, 3.8) is 0 Å². The molecule has 1 heterocycles. The zero-order valence-corrected chi connectivity index (χ0v) is 18.3. The van der Waals surface area contributed by atoms with Gasteiger partial charge < -0.3 is 14.7 Å². The van der Waals surface area contributed by atoms with Gasteiger partial charge in [-0.05, 0) is 30.2 Å². The third-order valence-electron chi connectivity index (χ3n) is 4.78. The molecule has 0 spiro atoms. The van der Waals surface area contributed by atoms with E-state index in [9.17, 15) is 0 Å². The summed E-state index contributed by atoms with van der Waals surface area (Å²) in [6.45, 7) is 6.98. The lowest BCUT2D eigenvalue weighted by atomic mass is 10.0. The zero-order chi connectivity index (χ0) is 18.2. The molecule has 3 rings (SSSR count). The van der Waals surface area contributed by atoms with Crippen LogP contribution in [0.25, 0.3) is 11.1 Å². The highest BCUT2D eigenvalue weighted by Crippen LogP contribution is 2.32. The van der Waals surface area contributed by atoms with Crippen molar-refractivity contribution in [2.24, 2.45) is 0 Å². The lowest BCUT2D eigenvalue weighted by Gasteiger charge is -2.34. The van der Waals surface area contributed by atoms with E-state index in [0.29, 0.717) is 6.61 Å². The van der Waals surface area contributed by atoms with Gasteiger partial charge in [0.05, 0.1) is 13.2 Å². The molecule has 2 aromatic rings. The van der Waals surface area contributed by atoms with Crippen LogP contribution in [-0.2, 0) is 0 Å². The Kier molecular flexibility index (Phi) is 11.8. The van der Waals surface area contributed by atoms with Gasteiger partial charge >= 0.3 is 0 Å². The number of benzene rings is 2. The number of hydrogen-bond acceptors (Lipinski definition) is 4. The first-order chi connectivity index (χ1) is 12.8. The average Bonchev–Trinajstić information content (AvgIpc) is 2.68. The Labute approximate surface area is 185 Å². The lowest BCUT2D eigenvalue weighted by molar-refractivity contribution is 0.108. The normalized spacial score (nSPS) is 14.8. The molecule has 4 nitrogen and oxygen atoms in total. The Morgan fingerprint density at radius 3 is 2.18 bits per heavy atom. The van der Waals surface area contributed by atoms with Gasteiger partial charge in [0.1, 0.15) is 5.75 Å². The van der Waals surface area contributed by atoms with Crippen molar-refractivity contribution < 1.29 is 9.84 Å². The number of aliphatic hydroxyl groups is 1. The Morgan fingerprint density at radius 1 is 0.893 bits per heavy atom. The molecule has 1 saturated heterocycles. The van der Waals surface area contributed by atoms with Gasteiger partial charge in [-0.3, -0.25) is 4.90 Å². The van der Waals surface area contributed by atoms with Crippen molar-refractivity contribution in [1.29, 1.82) is 0 Å². The van der Waals surface area contributed by atoms with E-state index in [0.717, 1.165) is 67.6 Å². The molecular formula is C21H29Cl3N2O2. The number of piperazine rings is 1. The first-order valence-electron chi connectivity index (χ1n) is 9.29. The Balaban J connectivity index is 0.00000196. The summed E-state index contributed by atoms with van der Waals surface area (Å²) in [7, 11) is 0. The van der Waals surface area contributed by atoms with Crippen molar-refractivity contribution in [1.82, 2.24) is 9.80 Å². The van der Waals surface area contributed by atoms with Crippen LogP contribution >= 0.6 is 36.4 Å². The van der Waals surface area contributed by atoms with Gasteiger partial charge in [0.15, 0.2) is 0 Å². The molecular weight excluding hydrogens is 419 g/mol. The summed E-state index contributed by atoms with van der Waals surface area (Å²) < 4.78 is 6.07. The van der Waals surface area contributed by atoms with Gasteiger partial charge in [-0.2, -0.15) is 0 Å². The van der Waals surface area contributed by atoms with E-state index in [-0.39, 0.29) is 31.4 Å². The van der Waals surface area contributed by atoms with E-state index in [1.807, 2.05) is 36.4 Å². The molecule has 2 aromatic carbocycles. The fourth-order valence-corrected chi connectivity index (χ4v) is 3.49. The second-order valence-electron chi connectivity index (χ2n) is 6.62. The van der Waals surface area contributed by atoms with Gasteiger partial charge in [0, 0.05) is 49.9 Å². The highest BCUT2D eigenvalue weighted by atomic mass is 35.5. The van der Waals surface area contributed by atoms with Crippen molar-refractivity contribution in [2.75, 3.05) is 52.5 Å². The van der Waals surface area contributed by atoms with Crippen LogP contribution < -0.4 is 4.74 Å². The Hall–Kier alpha value is -1.01. The molecule has 7 heteroatoms. The second-order valence-corrected chi connectivity index (χ2v) is 7.05. The zero-order valence-electron chi connectivity index (χ0n) is 15.9. The van der Waals surface area contributed by atoms with Crippen LogP contribution in [0.2, 0.25) is 5.02 Å². The number of hydrogen-bond donors (Lipinski definition) is 1. The highest BCUT2D eigenvalue weighted by Gasteiger charge is 2.15. The first-order valence-corrected chi connectivity index (χ1v) is 9.67. The van der Waals surface area contributed by atoms with E-state index in [4.69, 9.17) is 21.4 Å². The molecule has 0 aromatic heterocycles. The number of aliphatic hydroxyl groups excluding tert-OH is 1. The summed E-state index contributed by atoms with van der Waals surface area (Å²) in [6.07, 6.45) is 0.997. The monoisotopic (exact) mass is 446 g/mol. The number of nitrogens with zero attached hydrogens (tertiary/aromatic N) is 2. The predicted molar refractivity (Wildman–Crippen MR) is 121 cm³/mol. The summed E-state index contributed by atoms with van der Waals surface area (Å²) in [5, 5.41) is 9.73. The van der Waals surface area contributed by atoms with Crippen molar-refractivity contribution in [2.45, 2.75) is 6.42 Å². The second kappa shape index (κ2) is 13.3. The molecule has 0 aliphatic carbocycles. The molecule has 1 aliphatic heterocycles. The summed E-state index contributed by atoms with van der Waals surface area (Å²) in [6, 6.07) is 16.0. The van der Waals surface area contributed by atoms with Crippen molar-refractivity contribution in [3.05, 3.63) is 53.6 Å². The van der Waals surface area contributed by atoms with Crippen LogP contribution in [0.1, 0.15) is 6.42 Å². The fraction of sp³-hybridized carbons (Fsp3) is 0.429. The first kappa shape index (κ1) is 25.0. The minimum absolute atomic E-state index is 0. The smallest absolute Gasteiger partial charge is 0.127 e. The molecule has 156 valence electrons. The van der Waals surface area contributed by atoms with Crippen LogP contribution in [0.5, 0.6) is 5.75 Å². The maximum absolute atomic E-state index is 9.01. The maximum atomic E-state index is 9.01. The minimum atomic E-state index is 0. The molecule has 0 bridgehead atoms. The predicted octanol–water partition coefficient (Wildman–Crippen LogP) is 4.23. The fourth-order valence-electron chi connectivity index (χ4n) is 3.32. The molecule has 28 heavy (non-hydrogen) atoms. The molecule has 0 saturated carbocycles. The number of ether oxygens (including phenoxy) is 1. The van der Waals surface area contributed by atoms with Crippen LogP contribution in [-0.4, -0.2) is 67.4 Å². The van der Waals surface area contributed by atoms with E-state index >= 15 is 0 Å². The van der Waals surface area contributed by atoms with Crippen molar-refractivity contribution in [3.8, 4) is 16.9 Å². The molecule has 0 unspecified atom stereocenters. The number of rotatable bonds is 8. The maximum Gasteiger partial charge on any atom is 0.127 e. The number of halogens is 3. The molecule has 1 N–H and O–H groups in total. The van der Waals surface area contributed by atoms with Crippen LogP contribution in [0.3, 0.4) is 0 Å². The van der Waals surface area contributed by atoms with Gasteiger partial charge in [-0.1, -0.05) is 41.9 Å². The standard InChI is InChI=1S/C21H27ClN2O2.2ClH/c22-19-7-8-21(20(17-19)18-5-2-1-3-6-18)26-16-4-9-23-10-12-24(13-11-23)14-15-25;;/h1-3,5-8,17,25H,4,9-16H2;2*1H. The van der Waals surface area contributed by atoms with Crippen LogP contribution in [0.15, 0.2) is 48.5 Å². The van der Waals surface area contributed by atoms with Gasteiger partial charge in [0.2, 0.25) is 0 Å². The Morgan fingerprint density at radius 2 is 1.54 bits per heavy atom. The minimum Gasteiger partial charge on any atom is -0.493 e. The summed E-state index contributed by atoms with van der Waals surface area (Å²) in [4.78, 5) is 4.78. The van der Waals surface area contributed by atoms with E-state index in [2.05, 4.69) is 21.9 Å². The molecule has 1 fully saturated rings. The van der Waals surface area contributed by atoms with E-state index in [1.165, 1.54) is 0 Å². The summed E-state index contributed by atoms with van der Waals surface area (Å²) in [5.74, 6) is 0.883. The van der Waals surface area contributed by atoms with Gasteiger partial charge in [-0.15, -0.1) is 24.8 Å².